The number of allylic oxidation sites excluding steroid dienone is 3. The van der Waals surface area contributed by atoms with Gasteiger partial charge in [0.15, 0.2) is 17.3 Å². The SMILES string of the molecule is C=C(C)[C@@H]1C[C@@]23C(=O)[C@@](C)(C[C@H]2C1(C)C)C(=O)C(C(=O)C(C)CC)=C3O. The second kappa shape index (κ2) is 5.40. The van der Waals surface area contributed by atoms with E-state index in [2.05, 4.69) is 20.4 Å². The predicted molar refractivity (Wildman–Crippen MR) is 99.5 cm³/mol. The lowest BCUT2D eigenvalue weighted by Gasteiger charge is -2.36. The number of hydrogen-bond acceptors (Lipinski definition) is 4. The van der Waals surface area contributed by atoms with Gasteiger partial charge in [-0.15, -0.1) is 0 Å². The smallest absolute Gasteiger partial charge is 0.183 e. The summed E-state index contributed by atoms with van der Waals surface area (Å²) in [5.41, 5.74) is -1.72. The lowest BCUT2D eigenvalue weighted by atomic mass is 9.64. The Morgan fingerprint density at radius 1 is 1.27 bits per heavy atom. The molecule has 142 valence electrons. The van der Waals surface area contributed by atoms with Crippen molar-refractivity contribution in [2.75, 3.05) is 0 Å². The number of aliphatic hydroxyl groups excluding tert-OH is 1. The van der Waals surface area contributed by atoms with E-state index in [1.54, 1.807) is 13.8 Å². The molecule has 26 heavy (non-hydrogen) atoms. The molecule has 2 fully saturated rings. The average molecular weight is 358 g/mol. The summed E-state index contributed by atoms with van der Waals surface area (Å²) in [7, 11) is 0. The summed E-state index contributed by atoms with van der Waals surface area (Å²) in [6.45, 7) is 15.6. The first-order chi connectivity index (χ1) is 11.9. The van der Waals surface area contributed by atoms with Gasteiger partial charge in [0, 0.05) is 5.92 Å². The van der Waals surface area contributed by atoms with Gasteiger partial charge in [-0.05, 0) is 50.4 Å². The number of aliphatic hydroxyl groups is 1. The molecule has 0 heterocycles. The minimum atomic E-state index is -1.20. The van der Waals surface area contributed by atoms with Gasteiger partial charge < -0.3 is 5.11 Å². The fourth-order valence-electron chi connectivity index (χ4n) is 5.93. The van der Waals surface area contributed by atoms with E-state index < -0.39 is 16.6 Å². The van der Waals surface area contributed by atoms with Crippen molar-refractivity contribution in [3.8, 4) is 0 Å². The molecule has 3 aliphatic rings. The molecular weight excluding hydrogens is 328 g/mol. The molecule has 1 N–H and O–H groups in total. The van der Waals surface area contributed by atoms with E-state index in [1.807, 2.05) is 13.8 Å². The highest BCUT2D eigenvalue weighted by Gasteiger charge is 2.76. The molecule has 3 aliphatic carbocycles. The maximum absolute atomic E-state index is 13.4. The summed E-state index contributed by atoms with van der Waals surface area (Å²) < 4.78 is 0. The molecule has 0 aromatic heterocycles. The fraction of sp³-hybridized carbons (Fsp3) is 0.682. The Balaban J connectivity index is 2.28. The minimum absolute atomic E-state index is 0.0660. The van der Waals surface area contributed by atoms with Crippen molar-refractivity contribution in [3.05, 3.63) is 23.5 Å². The van der Waals surface area contributed by atoms with Gasteiger partial charge in [-0.3, -0.25) is 14.4 Å². The molecule has 0 radical (unpaired) electrons. The van der Waals surface area contributed by atoms with Gasteiger partial charge in [-0.2, -0.15) is 0 Å². The van der Waals surface area contributed by atoms with Crippen molar-refractivity contribution in [3.63, 3.8) is 0 Å². The van der Waals surface area contributed by atoms with Crippen molar-refractivity contribution in [1.82, 2.24) is 0 Å². The minimum Gasteiger partial charge on any atom is -0.510 e. The van der Waals surface area contributed by atoms with Crippen LogP contribution in [-0.2, 0) is 14.4 Å². The van der Waals surface area contributed by atoms with Gasteiger partial charge in [0.2, 0.25) is 0 Å². The largest absolute Gasteiger partial charge is 0.510 e. The third-order valence-corrected chi connectivity index (χ3v) is 7.72. The number of fused-ring (bicyclic) bond motifs is 1. The molecular formula is C22H30O4. The molecule has 0 amide bonds. The van der Waals surface area contributed by atoms with Crippen molar-refractivity contribution in [1.29, 1.82) is 0 Å². The van der Waals surface area contributed by atoms with Gasteiger partial charge in [-0.25, -0.2) is 0 Å². The number of hydrogen-bond donors (Lipinski definition) is 1. The highest BCUT2D eigenvalue weighted by Crippen LogP contribution is 2.72. The van der Waals surface area contributed by atoms with E-state index in [4.69, 9.17) is 0 Å². The van der Waals surface area contributed by atoms with Crippen LogP contribution in [-0.4, -0.2) is 22.5 Å². The Morgan fingerprint density at radius 3 is 2.35 bits per heavy atom. The summed E-state index contributed by atoms with van der Waals surface area (Å²) in [6, 6.07) is 0. The number of rotatable bonds is 4. The topological polar surface area (TPSA) is 71.4 Å². The van der Waals surface area contributed by atoms with E-state index in [9.17, 15) is 19.5 Å². The van der Waals surface area contributed by atoms with E-state index in [1.165, 1.54) is 0 Å². The maximum Gasteiger partial charge on any atom is 0.183 e. The fourth-order valence-corrected chi connectivity index (χ4v) is 5.93. The number of Topliss-reactive ketones (excluding diaryl/α,β-unsaturated/α-hetero) is 3. The zero-order chi connectivity index (χ0) is 19.8. The summed E-state index contributed by atoms with van der Waals surface area (Å²) in [6.07, 6.45) is 1.41. The summed E-state index contributed by atoms with van der Waals surface area (Å²) in [5.74, 6) is -1.71. The highest BCUT2D eigenvalue weighted by atomic mass is 16.3. The summed E-state index contributed by atoms with van der Waals surface area (Å²) >= 11 is 0. The summed E-state index contributed by atoms with van der Waals surface area (Å²) in [5, 5.41) is 11.2. The molecule has 0 aromatic carbocycles. The van der Waals surface area contributed by atoms with Crippen LogP contribution < -0.4 is 0 Å². The third-order valence-electron chi connectivity index (χ3n) is 7.72. The van der Waals surface area contributed by atoms with E-state index in [0.29, 0.717) is 19.3 Å². The van der Waals surface area contributed by atoms with Crippen LogP contribution in [0.3, 0.4) is 0 Å². The van der Waals surface area contributed by atoms with Crippen molar-refractivity contribution < 1.29 is 19.5 Å². The Labute approximate surface area is 155 Å². The molecule has 5 atom stereocenters. The van der Waals surface area contributed by atoms with Gasteiger partial charge in [0.1, 0.15) is 11.3 Å². The van der Waals surface area contributed by atoms with E-state index in [-0.39, 0.29) is 46.1 Å². The molecule has 1 spiro atoms. The zero-order valence-corrected chi connectivity index (χ0v) is 16.7. The summed E-state index contributed by atoms with van der Waals surface area (Å²) in [4.78, 5) is 39.5. The first kappa shape index (κ1) is 19.1. The zero-order valence-electron chi connectivity index (χ0n) is 16.7. The second-order valence-electron chi connectivity index (χ2n) is 9.54. The third kappa shape index (κ3) is 1.93. The van der Waals surface area contributed by atoms with Gasteiger partial charge in [-0.1, -0.05) is 39.8 Å². The molecule has 4 nitrogen and oxygen atoms in total. The van der Waals surface area contributed by atoms with Crippen LogP contribution in [0.1, 0.15) is 60.8 Å². The van der Waals surface area contributed by atoms with Gasteiger partial charge in [0.05, 0.1) is 10.8 Å². The Kier molecular flexibility index (Phi) is 3.96. The average Bonchev–Trinajstić information content (AvgIpc) is 2.92. The second-order valence-corrected chi connectivity index (χ2v) is 9.54. The van der Waals surface area contributed by atoms with Crippen LogP contribution in [0.4, 0.5) is 0 Å². The Morgan fingerprint density at radius 2 is 1.85 bits per heavy atom. The molecule has 0 aliphatic heterocycles. The molecule has 2 bridgehead atoms. The predicted octanol–water partition coefficient (Wildman–Crippen LogP) is 4.20. The van der Waals surface area contributed by atoms with Crippen molar-refractivity contribution >= 4 is 17.3 Å². The van der Waals surface area contributed by atoms with Crippen LogP contribution in [0.5, 0.6) is 0 Å². The number of carbonyl (C=O) groups is 3. The lowest BCUT2D eigenvalue weighted by Crippen LogP contribution is -2.48. The van der Waals surface area contributed by atoms with Crippen LogP contribution in [0.15, 0.2) is 23.5 Å². The molecule has 0 aromatic rings. The van der Waals surface area contributed by atoms with Gasteiger partial charge >= 0.3 is 0 Å². The quantitative estimate of drug-likeness (QED) is 0.464. The van der Waals surface area contributed by atoms with Crippen LogP contribution in [0.25, 0.3) is 0 Å². The highest BCUT2D eigenvalue weighted by molar-refractivity contribution is 6.32. The molecule has 4 heteroatoms. The van der Waals surface area contributed by atoms with Crippen LogP contribution in [0, 0.1) is 34.0 Å². The van der Waals surface area contributed by atoms with E-state index >= 15 is 0 Å². The molecule has 3 rings (SSSR count). The van der Waals surface area contributed by atoms with Crippen molar-refractivity contribution in [2.45, 2.75) is 60.8 Å². The van der Waals surface area contributed by atoms with E-state index in [0.717, 1.165) is 5.57 Å². The van der Waals surface area contributed by atoms with Crippen molar-refractivity contribution in [2.24, 2.45) is 34.0 Å². The van der Waals surface area contributed by atoms with Crippen LogP contribution in [0.2, 0.25) is 0 Å². The maximum atomic E-state index is 13.4. The molecule has 0 saturated heterocycles. The number of carbonyl (C=O) groups excluding carboxylic acids is 3. The normalized spacial score (nSPS) is 39.2. The lowest BCUT2D eigenvalue weighted by molar-refractivity contribution is -0.143. The first-order valence-electron chi connectivity index (χ1n) is 9.60. The monoisotopic (exact) mass is 358 g/mol. The van der Waals surface area contributed by atoms with Crippen LogP contribution >= 0.6 is 0 Å². The first-order valence-corrected chi connectivity index (χ1v) is 9.60. The Bertz CT molecular complexity index is 771. The Hall–Kier alpha value is -1.71. The molecule has 1 unspecified atom stereocenters. The molecule has 2 saturated carbocycles. The standard InChI is InChI=1S/C22H30O4/c1-8-12(4)16(23)15-17(24)21(7)10-14-20(5,6)13(11(2)3)9-22(14,18(15)25)19(21)26/h12-14,25H,2,8-10H2,1,3-7H3/t12?,13-,14-,21-,22+/m0/s1. The van der Waals surface area contributed by atoms with Gasteiger partial charge in [0.25, 0.3) is 0 Å². The number of ketones is 3.